The summed E-state index contributed by atoms with van der Waals surface area (Å²) >= 11 is 0. The number of nitrogens with zero attached hydrogens (tertiary/aromatic N) is 1. The lowest BCUT2D eigenvalue weighted by atomic mass is 10.8. The zero-order chi connectivity index (χ0) is 10.2. The van der Waals surface area contributed by atoms with Crippen LogP contribution in [0.15, 0.2) is 4.99 Å². The molecule has 0 atom stereocenters. The van der Waals surface area contributed by atoms with Crippen LogP contribution < -0.4 is 0 Å². The molecular formula is C6H14NO5P. The van der Waals surface area contributed by atoms with E-state index in [-0.39, 0.29) is 0 Å². The van der Waals surface area contributed by atoms with Crippen LogP contribution in [-0.4, -0.2) is 40.9 Å². The number of ether oxygens (including phenoxy) is 1. The van der Waals surface area contributed by atoms with E-state index < -0.39 is 7.82 Å². The maximum atomic E-state index is 10.7. The van der Waals surface area contributed by atoms with Crippen molar-refractivity contribution in [3.8, 4) is 0 Å². The highest BCUT2D eigenvalue weighted by molar-refractivity contribution is 7.48. The number of hydrogen-bond acceptors (Lipinski definition) is 6. The second-order valence-corrected chi connectivity index (χ2v) is 3.87. The van der Waals surface area contributed by atoms with Gasteiger partial charge < -0.3 is 4.74 Å². The lowest BCUT2D eigenvalue weighted by Crippen LogP contribution is -1.88. The molecule has 78 valence electrons. The van der Waals surface area contributed by atoms with Crippen LogP contribution in [0.25, 0.3) is 0 Å². The molecule has 0 aromatic rings. The van der Waals surface area contributed by atoms with Crippen LogP contribution >= 0.6 is 7.82 Å². The predicted molar refractivity (Wildman–Crippen MR) is 47.9 cm³/mol. The van der Waals surface area contributed by atoms with Crippen molar-refractivity contribution in [1.82, 2.24) is 0 Å². The average molecular weight is 211 g/mol. The summed E-state index contributed by atoms with van der Waals surface area (Å²) in [7, 11) is 0.611. The van der Waals surface area contributed by atoms with E-state index in [1.54, 1.807) is 0 Å². The summed E-state index contributed by atoms with van der Waals surface area (Å²) in [4.78, 5) is 3.74. The molecule has 1 heterocycles. The normalized spacial score (nSPS) is 14.7. The SMILES string of the molecule is C1=NCCO1.COP(=O)(OC)OC. The summed E-state index contributed by atoms with van der Waals surface area (Å²) in [5.74, 6) is 0. The van der Waals surface area contributed by atoms with Gasteiger partial charge >= 0.3 is 7.82 Å². The molecule has 1 rings (SSSR count). The molecule has 0 fully saturated rings. The number of hydrogen-bond donors (Lipinski definition) is 0. The van der Waals surface area contributed by atoms with Crippen molar-refractivity contribution in [3.63, 3.8) is 0 Å². The topological polar surface area (TPSA) is 66.4 Å². The largest absolute Gasteiger partial charge is 0.482 e. The highest BCUT2D eigenvalue weighted by Gasteiger charge is 2.18. The zero-order valence-electron chi connectivity index (χ0n) is 7.93. The van der Waals surface area contributed by atoms with Gasteiger partial charge in [0.05, 0.1) is 6.54 Å². The first kappa shape index (κ1) is 12.6. The van der Waals surface area contributed by atoms with E-state index in [4.69, 9.17) is 0 Å². The Morgan fingerprint density at radius 1 is 1.31 bits per heavy atom. The standard InChI is InChI=1S/C3H5NO.C3H9O4P/c1-2-5-3-4-1;1-5-8(4,6-2)7-3/h3H,1-2H2;1-3H3. The minimum Gasteiger partial charge on any atom is -0.482 e. The maximum Gasteiger partial charge on any atom is 0.473 e. The Morgan fingerprint density at radius 3 is 1.92 bits per heavy atom. The van der Waals surface area contributed by atoms with Crippen LogP contribution in [0.2, 0.25) is 0 Å². The third-order valence-electron chi connectivity index (χ3n) is 1.16. The van der Waals surface area contributed by atoms with Gasteiger partial charge in [-0.25, -0.2) is 4.57 Å². The molecule has 0 unspecified atom stereocenters. The molecule has 0 spiro atoms. The molecule has 1 aliphatic rings. The van der Waals surface area contributed by atoms with Crippen LogP contribution in [0.5, 0.6) is 0 Å². The molecule has 1 aliphatic heterocycles. The Hall–Kier alpha value is -0.420. The van der Waals surface area contributed by atoms with Gasteiger partial charge in [-0.05, 0) is 0 Å². The van der Waals surface area contributed by atoms with Crippen LogP contribution in [0.4, 0.5) is 0 Å². The molecule has 0 bridgehead atoms. The second kappa shape index (κ2) is 7.03. The molecule has 0 saturated heterocycles. The van der Waals surface area contributed by atoms with Gasteiger partial charge in [0.25, 0.3) is 0 Å². The van der Waals surface area contributed by atoms with E-state index >= 15 is 0 Å². The molecule has 6 nitrogen and oxygen atoms in total. The molecule has 13 heavy (non-hydrogen) atoms. The van der Waals surface area contributed by atoms with Gasteiger partial charge in [-0.3, -0.25) is 18.6 Å². The van der Waals surface area contributed by atoms with Gasteiger partial charge in [0.15, 0.2) is 6.40 Å². The molecule has 0 aromatic heterocycles. The van der Waals surface area contributed by atoms with Crippen LogP contribution in [0, 0.1) is 0 Å². The molecule has 0 aliphatic carbocycles. The fraction of sp³-hybridized carbons (Fsp3) is 0.833. The van der Waals surface area contributed by atoms with Crippen molar-refractivity contribution in [2.24, 2.45) is 4.99 Å². The molecule has 0 saturated carbocycles. The van der Waals surface area contributed by atoms with Gasteiger partial charge in [-0.15, -0.1) is 0 Å². The second-order valence-electron chi connectivity index (χ2n) is 1.88. The van der Waals surface area contributed by atoms with Gasteiger partial charge in [-0.1, -0.05) is 0 Å². The molecular weight excluding hydrogens is 197 g/mol. The van der Waals surface area contributed by atoms with E-state index in [0.717, 1.165) is 13.2 Å². The Balaban J connectivity index is 0.000000243. The average Bonchev–Trinajstić information content (AvgIpc) is 2.75. The molecule has 0 amide bonds. The first-order valence-electron chi connectivity index (χ1n) is 3.55. The quantitative estimate of drug-likeness (QED) is 0.653. The number of phosphoric acid groups is 1. The summed E-state index contributed by atoms with van der Waals surface area (Å²) in [5, 5.41) is 0. The highest BCUT2D eigenvalue weighted by atomic mass is 31.2. The third kappa shape index (κ3) is 5.76. The van der Waals surface area contributed by atoms with E-state index in [1.807, 2.05) is 0 Å². The van der Waals surface area contributed by atoms with E-state index in [1.165, 1.54) is 27.7 Å². The Bertz CT molecular complexity index is 170. The van der Waals surface area contributed by atoms with E-state index in [9.17, 15) is 4.57 Å². The smallest absolute Gasteiger partial charge is 0.473 e. The van der Waals surface area contributed by atoms with Crippen molar-refractivity contribution in [2.45, 2.75) is 0 Å². The lowest BCUT2D eigenvalue weighted by molar-refractivity contribution is 0.178. The Kier molecular flexibility index (Phi) is 6.80. The third-order valence-corrected chi connectivity index (χ3v) is 2.50. The van der Waals surface area contributed by atoms with E-state index in [0.29, 0.717) is 0 Å². The number of rotatable bonds is 3. The fourth-order valence-corrected chi connectivity index (χ4v) is 0.934. The summed E-state index contributed by atoms with van der Waals surface area (Å²) in [6, 6.07) is 0. The summed E-state index contributed by atoms with van der Waals surface area (Å²) in [6.45, 7) is 1.62. The van der Waals surface area contributed by atoms with Crippen molar-refractivity contribution < 1.29 is 22.9 Å². The van der Waals surface area contributed by atoms with Gasteiger partial charge in [-0.2, -0.15) is 0 Å². The van der Waals surface area contributed by atoms with Crippen molar-refractivity contribution >= 4 is 14.2 Å². The minimum atomic E-state index is -3.16. The zero-order valence-corrected chi connectivity index (χ0v) is 8.82. The van der Waals surface area contributed by atoms with Crippen LogP contribution in [0.3, 0.4) is 0 Å². The van der Waals surface area contributed by atoms with Gasteiger partial charge in [0.1, 0.15) is 6.61 Å². The summed E-state index contributed by atoms with van der Waals surface area (Å²) in [5.41, 5.74) is 0. The highest BCUT2D eigenvalue weighted by Crippen LogP contribution is 2.46. The van der Waals surface area contributed by atoms with Crippen molar-refractivity contribution in [3.05, 3.63) is 0 Å². The first-order chi connectivity index (χ1) is 6.18. The van der Waals surface area contributed by atoms with Gasteiger partial charge in [0, 0.05) is 21.3 Å². The summed E-state index contributed by atoms with van der Waals surface area (Å²) in [6.07, 6.45) is 1.49. The first-order valence-corrected chi connectivity index (χ1v) is 5.01. The Morgan fingerprint density at radius 2 is 1.85 bits per heavy atom. The summed E-state index contributed by atoms with van der Waals surface area (Å²) < 4.78 is 28.3. The fourth-order valence-electron chi connectivity index (χ4n) is 0.487. The molecule has 0 aromatic carbocycles. The number of aliphatic imine (C=N–C) groups is 1. The Labute approximate surface area is 77.5 Å². The predicted octanol–water partition coefficient (Wildman–Crippen LogP) is 1.08. The maximum absolute atomic E-state index is 10.7. The lowest BCUT2D eigenvalue weighted by Gasteiger charge is -2.08. The molecule has 0 radical (unpaired) electrons. The van der Waals surface area contributed by atoms with Crippen LogP contribution in [-0.2, 0) is 22.9 Å². The monoisotopic (exact) mass is 211 g/mol. The van der Waals surface area contributed by atoms with Crippen LogP contribution in [0.1, 0.15) is 0 Å². The molecule has 0 N–H and O–H groups in total. The van der Waals surface area contributed by atoms with E-state index in [2.05, 4.69) is 23.3 Å². The molecule has 7 heteroatoms. The van der Waals surface area contributed by atoms with Crippen molar-refractivity contribution in [1.29, 1.82) is 0 Å². The number of phosphoric ester groups is 1. The minimum absolute atomic E-state index is 0.778. The van der Waals surface area contributed by atoms with Crippen molar-refractivity contribution in [2.75, 3.05) is 34.5 Å². The van der Waals surface area contributed by atoms with Gasteiger partial charge in [0.2, 0.25) is 0 Å².